The number of carbonyl (C=O) groups is 1. The fourth-order valence-corrected chi connectivity index (χ4v) is 5.04. The third kappa shape index (κ3) is 3.88. The van der Waals surface area contributed by atoms with Crippen LogP contribution in [0.15, 0.2) is 42.5 Å². The van der Waals surface area contributed by atoms with Crippen LogP contribution in [0.1, 0.15) is 43.7 Å². The number of amides is 2. The molecule has 2 aromatic carbocycles. The highest BCUT2D eigenvalue weighted by Gasteiger charge is 2.31. The first kappa shape index (κ1) is 21.1. The first-order valence-electron chi connectivity index (χ1n) is 12.3. The number of morpholine rings is 1. The lowest BCUT2D eigenvalue weighted by Gasteiger charge is -2.29. The average molecular weight is 456 g/mol. The van der Waals surface area contributed by atoms with E-state index in [9.17, 15) is 10.1 Å². The molecule has 2 aliphatic carbocycles. The van der Waals surface area contributed by atoms with E-state index in [0.29, 0.717) is 12.1 Å². The van der Waals surface area contributed by atoms with Gasteiger partial charge in [-0.25, -0.2) is 4.79 Å². The highest BCUT2D eigenvalue weighted by atomic mass is 16.5. The van der Waals surface area contributed by atoms with Crippen LogP contribution >= 0.6 is 0 Å². The van der Waals surface area contributed by atoms with Crippen molar-refractivity contribution in [3.8, 4) is 17.3 Å². The van der Waals surface area contributed by atoms with Gasteiger partial charge in [0.1, 0.15) is 6.07 Å². The minimum absolute atomic E-state index is 0.155. The van der Waals surface area contributed by atoms with E-state index >= 15 is 0 Å². The SMILES string of the molecule is N#Cc1c(-c2ccc(NC(=O)NC3CCC3)cc2)n(C2CC2)c2cc(N3CCOCC3)ccc12. The molecule has 6 rings (SSSR count). The summed E-state index contributed by atoms with van der Waals surface area (Å²) in [7, 11) is 0. The number of ether oxygens (including phenoxy) is 1. The molecular weight excluding hydrogens is 426 g/mol. The monoisotopic (exact) mass is 455 g/mol. The minimum Gasteiger partial charge on any atom is -0.378 e. The lowest BCUT2D eigenvalue weighted by Crippen LogP contribution is -2.41. The summed E-state index contributed by atoms with van der Waals surface area (Å²) in [5.74, 6) is 0. The molecule has 34 heavy (non-hydrogen) atoms. The van der Waals surface area contributed by atoms with Gasteiger partial charge in [0.05, 0.1) is 30.0 Å². The molecule has 0 unspecified atom stereocenters. The van der Waals surface area contributed by atoms with Gasteiger partial charge in [-0.3, -0.25) is 0 Å². The summed E-state index contributed by atoms with van der Waals surface area (Å²) in [6, 6.07) is 17.4. The first-order chi connectivity index (χ1) is 16.7. The fourth-order valence-electron chi connectivity index (χ4n) is 5.04. The molecule has 7 nitrogen and oxygen atoms in total. The number of anilines is 2. The van der Waals surface area contributed by atoms with Crippen molar-refractivity contribution in [1.82, 2.24) is 9.88 Å². The van der Waals surface area contributed by atoms with Crippen LogP contribution in [0.3, 0.4) is 0 Å². The van der Waals surface area contributed by atoms with Crippen molar-refractivity contribution in [2.45, 2.75) is 44.2 Å². The van der Waals surface area contributed by atoms with Crippen molar-refractivity contribution in [3.05, 3.63) is 48.0 Å². The van der Waals surface area contributed by atoms with Gasteiger partial charge < -0.3 is 24.8 Å². The molecule has 0 atom stereocenters. The number of urea groups is 1. The Labute approximate surface area is 199 Å². The Bertz CT molecular complexity index is 1260. The third-order valence-electron chi connectivity index (χ3n) is 7.24. The molecule has 1 aliphatic heterocycles. The molecule has 1 aromatic heterocycles. The van der Waals surface area contributed by atoms with Gasteiger partial charge in [0, 0.05) is 41.9 Å². The summed E-state index contributed by atoms with van der Waals surface area (Å²) in [6.45, 7) is 3.26. The summed E-state index contributed by atoms with van der Waals surface area (Å²) in [5.41, 5.74) is 5.76. The highest BCUT2D eigenvalue weighted by molar-refractivity contribution is 5.97. The molecule has 2 saturated carbocycles. The normalized spacial score (nSPS) is 18.4. The second-order valence-electron chi connectivity index (χ2n) is 9.54. The van der Waals surface area contributed by atoms with E-state index in [2.05, 4.69) is 44.4 Å². The Kier molecular flexibility index (Phi) is 5.39. The molecule has 0 radical (unpaired) electrons. The van der Waals surface area contributed by atoms with Gasteiger partial charge >= 0.3 is 6.03 Å². The maximum atomic E-state index is 12.2. The smallest absolute Gasteiger partial charge is 0.319 e. The zero-order valence-corrected chi connectivity index (χ0v) is 19.2. The molecular formula is C27H29N5O2. The van der Waals surface area contributed by atoms with E-state index in [1.54, 1.807) is 0 Å². The third-order valence-corrected chi connectivity index (χ3v) is 7.24. The molecule has 3 aromatic rings. The highest BCUT2D eigenvalue weighted by Crippen LogP contribution is 2.45. The minimum atomic E-state index is -0.155. The summed E-state index contributed by atoms with van der Waals surface area (Å²) in [5, 5.41) is 17.1. The number of nitrogens with zero attached hydrogens (tertiary/aromatic N) is 3. The largest absolute Gasteiger partial charge is 0.378 e. The lowest BCUT2D eigenvalue weighted by molar-refractivity contribution is 0.122. The van der Waals surface area contributed by atoms with E-state index in [4.69, 9.17) is 4.74 Å². The second kappa shape index (κ2) is 8.69. The number of aromatic nitrogens is 1. The summed E-state index contributed by atoms with van der Waals surface area (Å²) in [4.78, 5) is 14.6. The first-order valence-corrected chi connectivity index (χ1v) is 12.3. The van der Waals surface area contributed by atoms with Gasteiger partial charge in [-0.05, 0) is 68.0 Å². The van der Waals surface area contributed by atoms with Crippen LogP contribution in [-0.2, 0) is 4.74 Å². The molecule has 2 amide bonds. The van der Waals surface area contributed by atoms with Crippen LogP contribution in [0, 0.1) is 11.3 Å². The number of hydrogen-bond acceptors (Lipinski definition) is 4. The standard InChI is InChI=1S/C27H29N5O2/c28-17-24-23-11-10-22(31-12-14-34-15-13-31)16-25(23)32(21-8-9-21)26(24)18-4-6-20(7-5-18)30-27(33)29-19-2-1-3-19/h4-7,10-11,16,19,21H,1-3,8-9,12-15H2,(H2,29,30,33). The van der Waals surface area contributed by atoms with Gasteiger partial charge in [0.15, 0.2) is 0 Å². The molecule has 1 saturated heterocycles. The molecule has 0 spiro atoms. The molecule has 7 heteroatoms. The van der Waals surface area contributed by atoms with Crippen LogP contribution in [0.2, 0.25) is 0 Å². The fraction of sp³-hybridized carbons (Fsp3) is 0.407. The Morgan fingerprint density at radius 3 is 2.44 bits per heavy atom. The maximum Gasteiger partial charge on any atom is 0.319 e. The van der Waals surface area contributed by atoms with E-state index < -0.39 is 0 Å². The number of nitrogens with one attached hydrogen (secondary N) is 2. The second-order valence-corrected chi connectivity index (χ2v) is 9.54. The predicted octanol–water partition coefficient (Wildman–Crippen LogP) is 5.03. The van der Waals surface area contributed by atoms with Crippen molar-refractivity contribution in [1.29, 1.82) is 5.26 Å². The van der Waals surface area contributed by atoms with E-state index in [1.807, 2.05) is 24.3 Å². The summed E-state index contributed by atoms with van der Waals surface area (Å²) in [6.07, 6.45) is 5.56. The quantitative estimate of drug-likeness (QED) is 0.566. The van der Waals surface area contributed by atoms with E-state index in [-0.39, 0.29) is 6.03 Å². The van der Waals surface area contributed by atoms with Gasteiger partial charge in [0.25, 0.3) is 0 Å². The van der Waals surface area contributed by atoms with Gasteiger partial charge in [-0.15, -0.1) is 0 Å². The summed E-state index contributed by atoms with van der Waals surface area (Å²) < 4.78 is 7.88. The molecule has 3 fully saturated rings. The summed E-state index contributed by atoms with van der Waals surface area (Å²) >= 11 is 0. The molecule has 2 heterocycles. The van der Waals surface area contributed by atoms with Gasteiger partial charge in [-0.2, -0.15) is 5.26 Å². The van der Waals surface area contributed by atoms with Gasteiger partial charge in [0.2, 0.25) is 0 Å². The Morgan fingerprint density at radius 2 is 1.79 bits per heavy atom. The average Bonchev–Trinajstić information content (AvgIpc) is 3.63. The van der Waals surface area contributed by atoms with Crippen molar-refractivity contribution in [3.63, 3.8) is 0 Å². The van der Waals surface area contributed by atoms with E-state index in [1.165, 1.54) is 12.1 Å². The van der Waals surface area contributed by atoms with E-state index in [0.717, 1.165) is 85.4 Å². The Hall–Kier alpha value is -3.50. The topological polar surface area (TPSA) is 82.3 Å². The number of hydrogen-bond donors (Lipinski definition) is 2. The lowest BCUT2D eigenvalue weighted by atomic mass is 9.93. The van der Waals surface area contributed by atoms with Crippen LogP contribution < -0.4 is 15.5 Å². The zero-order valence-electron chi connectivity index (χ0n) is 19.2. The van der Waals surface area contributed by atoms with Crippen molar-refractivity contribution < 1.29 is 9.53 Å². The van der Waals surface area contributed by atoms with Crippen LogP contribution in [-0.4, -0.2) is 42.9 Å². The predicted molar refractivity (Wildman–Crippen MR) is 133 cm³/mol. The maximum absolute atomic E-state index is 12.2. The molecule has 2 N–H and O–H groups in total. The number of fused-ring (bicyclic) bond motifs is 1. The molecule has 174 valence electrons. The van der Waals surface area contributed by atoms with Crippen molar-refractivity contribution >= 4 is 28.3 Å². The number of rotatable bonds is 5. The molecule has 0 bridgehead atoms. The Balaban J connectivity index is 1.34. The number of benzene rings is 2. The van der Waals surface area contributed by atoms with Crippen molar-refractivity contribution in [2.75, 3.05) is 36.5 Å². The Morgan fingerprint density at radius 1 is 1.03 bits per heavy atom. The zero-order chi connectivity index (χ0) is 23.1. The number of nitriles is 1. The number of carbonyl (C=O) groups excluding carboxylic acids is 1. The van der Waals surface area contributed by atoms with Crippen molar-refractivity contribution in [2.24, 2.45) is 0 Å². The van der Waals surface area contributed by atoms with Crippen LogP contribution in [0.4, 0.5) is 16.2 Å². The van der Waals surface area contributed by atoms with Crippen LogP contribution in [0.25, 0.3) is 22.2 Å². The molecule has 3 aliphatic rings. The van der Waals surface area contributed by atoms with Crippen LogP contribution in [0.5, 0.6) is 0 Å². The van der Waals surface area contributed by atoms with Gasteiger partial charge in [-0.1, -0.05) is 12.1 Å².